The molecule has 8 heteroatoms. The fraction of sp³-hybridized carbons (Fsp3) is 0.367. The van der Waals surface area contributed by atoms with Crippen molar-refractivity contribution in [1.29, 1.82) is 0 Å². The zero-order valence-electron chi connectivity index (χ0n) is 22.1. The topological polar surface area (TPSA) is 64.6 Å². The van der Waals surface area contributed by atoms with Gasteiger partial charge in [0, 0.05) is 34.8 Å². The van der Waals surface area contributed by atoms with E-state index in [1.54, 1.807) is 6.07 Å². The van der Waals surface area contributed by atoms with Gasteiger partial charge in [-0.3, -0.25) is 4.79 Å². The molecule has 3 rings (SSSR count). The van der Waals surface area contributed by atoms with Crippen molar-refractivity contribution in [1.82, 2.24) is 15.5 Å². The van der Waals surface area contributed by atoms with E-state index >= 15 is 0 Å². The Morgan fingerprint density at radius 1 is 1.03 bits per heavy atom. The molecule has 5 nitrogen and oxygen atoms in total. The van der Waals surface area contributed by atoms with E-state index in [2.05, 4.69) is 51.1 Å². The zero-order valence-corrected chi connectivity index (χ0v) is 24.3. The van der Waals surface area contributed by atoms with Crippen LogP contribution in [0.15, 0.2) is 60.7 Å². The highest BCUT2D eigenvalue weighted by atomic mass is 127. The quantitative estimate of drug-likeness (QED) is 0.226. The predicted octanol–water partition coefficient (Wildman–Crippen LogP) is 5.21. The third-order valence-corrected chi connectivity index (χ3v) is 6.86. The second kappa shape index (κ2) is 14.7. The molecule has 2 atom stereocenters. The van der Waals surface area contributed by atoms with Crippen molar-refractivity contribution in [2.24, 2.45) is 0 Å². The van der Waals surface area contributed by atoms with Crippen molar-refractivity contribution in [2.75, 3.05) is 20.1 Å². The van der Waals surface area contributed by atoms with Crippen molar-refractivity contribution in [3.05, 3.63) is 104 Å². The van der Waals surface area contributed by atoms with Gasteiger partial charge in [-0.25, -0.2) is 8.78 Å². The van der Waals surface area contributed by atoms with Crippen LogP contribution in [0.1, 0.15) is 46.0 Å². The van der Waals surface area contributed by atoms with Crippen molar-refractivity contribution in [3.8, 4) is 0 Å². The molecule has 0 saturated carbocycles. The molecule has 0 saturated heterocycles. The molecule has 3 aromatic carbocycles. The van der Waals surface area contributed by atoms with Crippen molar-refractivity contribution in [3.63, 3.8) is 0 Å². The molecular formula is C30H36F2IN3O2. The SMILES string of the molecule is CCCN(C)Cc1cc(C)cc(C(=O)N[C@@H](Cc2cc(F)cc(F)c2)[C@H](O)CNCc2cccc(I)c2)c1. The van der Waals surface area contributed by atoms with Crippen LogP contribution in [-0.4, -0.2) is 48.2 Å². The molecule has 0 fully saturated rings. The Labute approximate surface area is 237 Å². The first-order valence-corrected chi connectivity index (χ1v) is 13.9. The highest BCUT2D eigenvalue weighted by Crippen LogP contribution is 2.15. The molecule has 0 spiro atoms. The molecule has 1 amide bonds. The summed E-state index contributed by atoms with van der Waals surface area (Å²) < 4.78 is 28.9. The van der Waals surface area contributed by atoms with Gasteiger partial charge >= 0.3 is 0 Å². The van der Waals surface area contributed by atoms with E-state index in [9.17, 15) is 18.7 Å². The van der Waals surface area contributed by atoms with Crippen LogP contribution in [0.4, 0.5) is 8.78 Å². The summed E-state index contributed by atoms with van der Waals surface area (Å²) in [7, 11) is 2.04. The summed E-state index contributed by atoms with van der Waals surface area (Å²) in [5.41, 5.74) is 3.89. The van der Waals surface area contributed by atoms with Crippen LogP contribution < -0.4 is 10.6 Å². The lowest BCUT2D eigenvalue weighted by molar-refractivity contribution is 0.0829. The first-order chi connectivity index (χ1) is 18.1. The van der Waals surface area contributed by atoms with Gasteiger partial charge in [0.1, 0.15) is 11.6 Å². The van der Waals surface area contributed by atoms with E-state index in [4.69, 9.17) is 0 Å². The number of hydrogen-bond donors (Lipinski definition) is 3. The minimum atomic E-state index is -0.993. The third-order valence-electron chi connectivity index (χ3n) is 6.19. The molecule has 0 aliphatic carbocycles. The third kappa shape index (κ3) is 9.72. The number of aryl methyl sites for hydroxylation is 1. The van der Waals surface area contributed by atoms with Gasteiger partial charge in [0.25, 0.3) is 5.91 Å². The number of hydrogen-bond acceptors (Lipinski definition) is 4. The Balaban J connectivity index is 1.76. The average molecular weight is 636 g/mol. The number of rotatable bonds is 13. The van der Waals surface area contributed by atoms with E-state index in [1.165, 1.54) is 12.1 Å². The normalized spacial score (nSPS) is 12.9. The van der Waals surface area contributed by atoms with Gasteiger partial charge in [-0.05, 0) is 109 Å². The van der Waals surface area contributed by atoms with E-state index < -0.39 is 23.8 Å². The van der Waals surface area contributed by atoms with Gasteiger partial charge in [-0.15, -0.1) is 0 Å². The van der Waals surface area contributed by atoms with E-state index in [-0.39, 0.29) is 18.9 Å². The first kappa shape index (κ1) is 30.1. The van der Waals surface area contributed by atoms with Crippen LogP contribution in [0.2, 0.25) is 0 Å². The maximum atomic E-state index is 13.9. The minimum absolute atomic E-state index is 0.0738. The Kier molecular flexibility index (Phi) is 11.6. The number of aliphatic hydroxyl groups is 1. The van der Waals surface area contributed by atoms with Crippen molar-refractivity contribution >= 4 is 28.5 Å². The monoisotopic (exact) mass is 635 g/mol. The van der Waals surface area contributed by atoms with E-state index in [0.717, 1.165) is 39.3 Å². The summed E-state index contributed by atoms with van der Waals surface area (Å²) in [5, 5.41) is 17.2. The minimum Gasteiger partial charge on any atom is -0.390 e. The number of nitrogens with one attached hydrogen (secondary N) is 2. The number of carbonyl (C=O) groups excluding carboxylic acids is 1. The van der Waals surface area contributed by atoms with Crippen molar-refractivity contribution in [2.45, 2.75) is 51.9 Å². The van der Waals surface area contributed by atoms with Gasteiger partial charge in [0.15, 0.2) is 0 Å². The Bertz CT molecular complexity index is 1200. The molecule has 0 heterocycles. The maximum Gasteiger partial charge on any atom is 0.251 e. The Morgan fingerprint density at radius 3 is 2.45 bits per heavy atom. The molecular weight excluding hydrogens is 599 g/mol. The van der Waals surface area contributed by atoms with Crippen LogP contribution in [0.3, 0.4) is 0 Å². The summed E-state index contributed by atoms with van der Waals surface area (Å²) in [4.78, 5) is 15.5. The highest BCUT2D eigenvalue weighted by molar-refractivity contribution is 14.1. The standard InChI is InChI=1S/C30H36F2IN3O2/c1-4-8-36(3)19-23-9-20(2)10-24(11-23)30(38)35-28(15-22-12-25(31)16-26(32)13-22)29(37)18-34-17-21-6-5-7-27(33)14-21/h5-7,9-14,16,28-29,34,37H,4,8,15,17-19H2,1-3H3,(H,35,38)/t28-,29+/m0/s1. The van der Waals surface area contributed by atoms with Crippen LogP contribution in [0.5, 0.6) is 0 Å². The second-order valence-corrected chi connectivity index (χ2v) is 11.1. The lowest BCUT2D eigenvalue weighted by Crippen LogP contribution is -2.48. The number of benzene rings is 3. The van der Waals surface area contributed by atoms with Gasteiger partial charge in [0.05, 0.1) is 12.1 Å². The second-order valence-electron chi connectivity index (χ2n) is 9.84. The van der Waals surface area contributed by atoms with Crippen molar-refractivity contribution < 1.29 is 18.7 Å². The highest BCUT2D eigenvalue weighted by Gasteiger charge is 2.23. The largest absolute Gasteiger partial charge is 0.390 e. The number of carbonyl (C=O) groups is 1. The van der Waals surface area contributed by atoms with Crippen LogP contribution >= 0.6 is 22.6 Å². The van der Waals surface area contributed by atoms with E-state index in [1.807, 2.05) is 44.3 Å². The molecule has 3 aromatic rings. The molecule has 3 N–H and O–H groups in total. The van der Waals surface area contributed by atoms with Crippen LogP contribution in [0.25, 0.3) is 0 Å². The zero-order chi connectivity index (χ0) is 27.7. The fourth-order valence-corrected chi connectivity index (χ4v) is 5.14. The first-order valence-electron chi connectivity index (χ1n) is 12.8. The smallest absolute Gasteiger partial charge is 0.251 e. The lowest BCUT2D eigenvalue weighted by Gasteiger charge is -2.25. The maximum absolute atomic E-state index is 13.9. The van der Waals surface area contributed by atoms with E-state index in [0.29, 0.717) is 24.2 Å². The Morgan fingerprint density at radius 2 is 1.76 bits per heavy atom. The van der Waals surface area contributed by atoms with Crippen LogP contribution in [0, 0.1) is 22.1 Å². The number of nitrogens with zero attached hydrogens (tertiary/aromatic N) is 1. The molecule has 0 aromatic heterocycles. The summed E-state index contributed by atoms with van der Waals surface area (Å²) in [6.45, 7) is 6.45. The summed E-state index contributed by atoms with van der Waals surface area (Å²) in [6.07, 6.45) is 0.116. The van der Waals surface area contributed by atoms with Gasteiger partial charge < -0.3 is 20.6 Å². The van der Waals surface area contributed by atoms with Crippen LogP contribution in [-0.2, 0) is 19.5 Å². The molecule has 204 valence electrons. The average Bonchev–Trinajstić information content (AvgIpc) is 2.82. The summed E-state index contributed by atoms with van der Waals surface area (Å²) >= 11 is 2.24. The predicted molar refractivity (Wildman–Crippen MR) is 156 cm³/mol. The number of amides is 1. The van der Waals surface area contributed by atoms with Gasteiger partial charge in [-0.1, -0.05) is 30.7 Å². The molecule has 0 radical (unpaired) electrons. The Hall–Kier alpha value is -2.40. The molecule has 38 heavy (non-hydrogen) atoms. The summed E-state index contributed by atoms with van der Waals surface area (Å²) in [6, 6.07) is 16.2. The fourth-order valence-electron chi connectivity index (χ4n) is 4.53. The van der Waals surface area contributed by atoms with Gasteiger partial charge in [-0.2, -0.15) is 0 Å². The summed E-state index contributed by atoms with van der Waals surface area (Å²) in [5.74, 6) is -1.74. The lowest BCUT2D eigenvalue weighted by atomic mass is 9.99. The molecule has 0 bridgehead atoms. The molecule has 0 aliphatic heterocycles. The molecule has 0 unspecified atom stereocenters. The number of halogens is 3. The molecule has 0 aliphatic rings. The van der Waals surface area contributed by atoms with Gasteiger partial charge in [0.2, 0.25) is 0 Å². The number of aliphatic hydroxyl groups excluding tert-OH is 1.